The van der Waals surface area contributed by atoms with Crippen molar-refractivity contribution >= 4 is 21.5 Å². The minimum atomic E-state index is -3.19. The standard InChI is InChI=1S/C14H22N4O4S/c1-4-17(23(3,21)22)12-5-7-16(8-6-12)14-9-11(2)13(10-15-14)18(19)20/h9-10,12H,4-8H2,1-3H3. The van der Waals surface area contributed by atoms with Gasteiger partial charge in [-0.05, 0) is 25.8 Å². The van der Waals surface area contributed by atoms with E-state index in [1.54, 1.807) is 17.3 Å². The van der Waals surface area contributed by atoms with Crippen molar-refractivity contribution in [2.24, 2.45) is 0 Å². The summed E-state index contributed by atoms with van der Waals surface area (Å²) in [4.78, 5) is 16.6. The molecular weight excluding hydrogens is 320 g/mol. The number of pyridine rings is 1. The number of aryl methyl sites for hydroxylation is 1. The Morgan fingerprint density at radius 2 is 2.04 bits per heavy atom. The molecule has 0 spiro atoms. The van der Waals surface area contributed by atoms with Crippen molar-refractivity contribution < 1.29 is 13.3 Å². The molecule has 2 heterocycles. The second-order valence-electron chi connectivity index (χ2n) is 5.77. The minimum Gasteiger partial charge on any atom is -0.356 e. The first-order valence-corrected chi connectivity index (χ1v) is 9.41. The Morgan fingerprint density at radius 1 is 1.43 bits per heavy atom. The number of aromatic nitrogens is 1. The van der Waals surface area contributed by atoms with E-state index in [4.69, 9.17) is 0 Å². The van der Waals surface area contributed by atoms with Crippen LogP contribution in [0.2, 0.25) is 0 Å². The summed E-state index contributed by atoms with van der Waals surface area (Å²) in [5.74, 6) is 0.703. The molecular formula is C14H22N4O4S. The third kappa shape index (κ3) is 3.97. The lowest BCUT2D eigenvalue weighted by molar-refractivity contribution is -0.385. The quantitative estimate of drug-likeness (QED) is 0.595. The minimum absolute atomic E-state index is 0.00500. The van der Waals surface area contributed by atoms with Gasteiger partial charge in [0.2, 0.25) is 10.0 Å². The van der Waals surface area contributed by atoms with Gasteiger partial charge in [-0.2, -0.15) is 4.31 Å². The van der Waals surface area contributed by atoms with E-state index in [2.05, 4.69) is 4.98 Å². The first kappa shape index (κ1) is 17.6. The maximum atomic E-state index is 11.8. The lowest BCUT2D eigenvalue weighted by Crippen LogP contribution is -2.47. The Labute approximate surface area is 136 Å². The van der Waals surface area contributed by atoms with Gasteiger partial charge in [0.15, 0.2) is 0 Å². The van der Waals surface area contributed by atoms with Crippen LogP contribution in [-0.4, -0.2) is 54.6 Å². The van der Waals surface area contributed by atoms with Crippen molar-refractivity contribution in [3.63, 3.8) is 0 Å². The van der Waals surface area contributed by atoms with E-state index in [1.807, 2.05) is 11.8 Å². The normalized spacial score (nSPS) is 16.8. The van der Waals surface area contributed by atoms with Crippen LogP contribution in [0.15, 0.2) is 12.3 Å². The van der Waals surface area contributed by atoms with Gasteiger partial charge < -0.3 is 4.90 Å². The third-order valence-corrected chi connectivity index (χ3v) is 5.61. The Bertz CT molecular complexity index is 684. The predicted octanol–water partition coefficient (Wildman–Crippen LogP) is 1.55. The summed E-state index contributed by atoms with van der Waals surface area (Å²) in [5.41, 5.74) is 0.589. The van der Waals surface area contributed by atoms with Gasteiger partial charge in [-0.1, -0.05) is 6.92 Å². The van der Waals surface area contributed by atoms with Crippen molar-refractivity contribution in [1.29, 1.82) is 0 Å². The Kier molecular flexibility index (Phi) is 5.20. The molecule has 1 fully saturated rings. The topological polar surface area (TPSA) is 96.7 Å². The van der Waals surface area contributed by atoms with Crippen molar-refractivity contribution in [3.8, 4) is 0 Å². The van der Waals surface area contributed by atoms with Gasteiger partial charge in [-0.25, -0.2) is 13.4 Å². The molecule has 8 nitrogen and oxygen atoms in total. The summed E-state index contributed by atoms with van der Waals surface area (Å²) < 4.78 is 25.1. The highest BCUT2D eigenvalue weighted by Crippen LogP contribution is 2.25. The molecule has 0 aliphatic carbocycles. The third-order valence-electron chi connectivity index (χ3n) is 4.20. The number of piperidine rings is 1. The van der Waals surface area contributed by atoms with E-state index in [9.17, 15) is 18.5 Å². The Morgan fingerprint density at radius 3 is 2.48 bits per heavy atom. The van der Waals surface area contributed by atoms with Crippen LogP contribution in [-0.2, 0) is 10.0 Å². The van der Waals surface area contributed by atoms with Crippen LogP contribution in [0.1, 0.15) is 25.3 Å². The second kappa shape index (κ2) is 6.79. The molecule has 0 aromatic carbocycles. The van der Waals surface area contributed by atoms with E-state index < -0.39 is 14.9 Å². The number of nitro groups is 1. The molecule has 1 aromatic rings. The summed E-state index contributed by atoms with van der Waals surface area (Å²) in [6.45, 7) is 5.37. The van der Waals surface area contributed by atoms with Crippen LogP contribution >= 0.6 is 0 Å². The molecule has 1 aliphatic rings. The van der Waals surface area contributed by atoms with Gasteiger partial charge in [-0.15, -0.1) is 0 Å². The lowest BCUT2D eigenvalue weighted by Gasteiger charge is -2.37. The molecule has 1 saturated heterocycles. The molecule has 0 bridgehead atoms. The van der Waals surface area contributed by atoms with Crippen LogP contribution in [0.4, 0.5) is 11.5 Å². The summed E-state index contributed by atoms with van der Waals surface area (Å²) in [5, 5.41) is 10.8. The highest BCUT2D eigenvalue weighted by atomic mass is 32.2. The molecule has 0 atom stereocenters. The monoisotopic (exact) mass is 342 g/mol. The van der Waals surface area contributed by atoms with Gasteiger partial charge in [0.05, 0.1) is 11.2 Å². The zero-order chi connectivity index (χ0) is 17.2. The van der Waals surface area contributed by atoms with Gasteiger partial charge in [0.25, 0.3) is 5.69 Å². The van der Waals surface area contributed by atoms with E-state index in [-0.39, 0.29) is 11.7 Å². The van der Waals surface area contributed by atoms with E-state index >= 15 is 0 Å². The number of rotatable bonds is 5. The maximum absolute atomic E-state index is 11.8. The Hall–Kier alpha value is -1.74. The largest absolute Gasteiger partial charge is 0.356 e. The molecule has 0 amide bonds. The smallest absolute Gasteiger partial charge is 0.290 e. The molecule has 0 N–H and O–H groups in total. The van der Waals surface area contributed by atoms with Gasteiger partial charge >= 0.3 is 0 Å². The average molecular weight is 342 g/mol. The Balaban J connectivity index is 2.07. The fourth-order valence-electron chi connectivity index (χ4n) is 3.04. The summed E-state index contributed by atoms with van der Waals surface area (Å²) in [6, 6.07) is 1.72. The molecule has 0 radical (unpaired) electrons. The molecule has 23 heavy (non-hydrogen) atoms. The second-order valence-corrected chi connectivity index (χ2v) is 7.71. The van der Waals surface area contributed by atoms with E-state index in [0.717, 1.165) is 12.8 Å². The lowest BCUT2D eigenvalue weighted by atomic mass is 10.0. The van der Waals surface area contributed by atoms with Crippen molar-refractivity contribution in [1.82, 2.24) is 9.29 Å². The zero-order valence-electron chi connectivity index (χ0n) is 13.6. The average Bonchev–Trinajstić information content (AvgIpc) is 2.46. The molecule has 1 aromatic heterocycles. The molecule has 2 rings (SSSR count). The summed E-state index contributed by atoms with van der Waals surface area (Å²) in [6.07, 6.45) is 3.97. The molecule has 128 valence electrons. The highest BCUT2D eigenvalue weighted by molar-refractivity contribution is 7.88. The van der Waals surface area contributed by atoms with Crippen LogP contribution in [0.25, 0.3) is 0 Å². The van der Waals surface area contributed by atoms with Gasteiger partial charge in [0, 0.05) is 31.2 Å². The SMILES string of the molecule is CCN(C1CCN(c2cc(C)c([N+](=O)[O-])cn2)CC1)S(C)(=O)=O. The van der Waals surface area contributed by atoms with Gasteiger partial charge in [-0.3, -0.25) is 10.1 Å². The number of sulfonamides is 1. The van der Waals surface area contributed by atoms with E-state index in [1.165, 1.54) is 12.5 Å². The number of nitrogens with zero attached hydrogens (tertiary/aromatic N) is 4. The van der Waals surface area contributed by atoms with E-state index in [0.29, 0.717) is 31.0 Å². The molecule has 9 heteroatoms. The maximum Gasteiger partial charge on any atom is 0.290 e. The van der Waals surface area contributed by atoms with Crippen LogP contribution in [0.3, 0.4) is 0 Å². The number of hydrogen-bond donors (Lipinski definition) is 0. The fourth-order valence-corrected chi connectivity index (χ4v) is 4.27. The van der Waals surface area contributed by atoms with Crippen molar-refractivity contribution in [2.45, 2.75) is 32.7 Å². The first-order chi connectivity index (χ1) is 10.7. The van der Waals surface area contributed by atoms with Crippen LogP contribution in [0, 0.1) is 17.0 Å². The predicted molar refractivity (Wildman–Crippen MR) is 88.1 cm³/mol. The zero-order valence-corrected chi connectivity index (χ0v) is 14.4. The molecule has 0 saturated carbocycles. The molecule has 1 aliphatic heterocycles. The van der Waals surface area contributed by atoms with Crippen LogP contribution < -0.4 is 4.90 Å². The first-order valence-electron chi connectivity index (χ1n) is 7.56. The molecule has 0 unspecified atom stereocenters. The fraction of sp³-hybridized carbons (Fsp3) is 0.643. The number of hydrogen-bond acceptors (Lipinski definition) is 6. The number of anilines is 1. The van der Waals surface area contributed by atoms with Crippen LogP contribution in [0.5, 0.6) is 0 Å². The van der Waals surface area contributed by atoms with Crippen molar-refractivity contribution in [2.75, 3.05) is 30.8 Å². The van der Waals surface area contributed by atoms with Crippen molar-refractivity contribution in [3.05, 3.63) is 27.9 Å². The summed E-state index contributed by atoms with van der Waals surface area (Å²) >= 11 is 0. The summed E-state index contributed by atoms with van der Waals surface area (Å²) in [7, 11) is -3.19. The van der Waals surface area contributed by atoms with Gasteiger partial charge in [0.1, 0.15) is 12.0 Å². The highest BCUT2D eigenvalue weighted by Gasteiger charge is 2.29.